The molecule has 3 aliphatic rings. The number of amides is 3. The van der Waals surface area contributed by atoms with Gasteiger partial charge < -0.3 is 30.2 Å². The molecule has 238 valence electrons. The molecule has 3 fully saturated rings. The van der Waals surface area contributed by atoms with Gasteiger partial charge in [0.15, 0.2) is 0 Å². The summed E-state index contributed by atoms with van der Waals surface area (Å²) in [7, 11) is 1.71. The van der Waals surface area contributed by atoms with E-state index in [1.165, 1.54) is 5.57 Å². The number of hydrogen-bond donors (Lipinski definition) is 3. The quantitative estimate of drug-likeness (QED) is 0.209. The minimum absolute atomic E-state index is 0.0459. The summed E-state index contributed by atoms with van der Waals surface area (Å²) < 4.78 is 18.3. The summed E-state index contributed by atoms with van der Waals surface area (Å²) in [6.45, 7) is 13.2. The highest BCUT2D eigenvalue weighted by atomic mass is 16.6. The molecular weight excluding hydrogens is 546 g/mol. The standard InChI is InChI=1S/C34H51N3O6/c1-22(2)11-16-27-33(6,43-27)30-29(41-7)25(17-19-34(30)21-42-34)37-31(40)35-20-18-23-12-14-24(15-13-23)36-28(39)10-8-9-26(38)32(3,4)5/h11-15,25,27,29-30H,8-10,16-21H2,1-7H3,(H,36,39)(H2,35,37,40)/t25-,27-,29-,30-,33+,34+/m1/s1. The fourth-order valence-electron chi connectivity index (χ4n) is 6.44. The first kappa shape index (κ1) is 33.1. The smallest absolute Gasteiger partial charge is 0.315 e. The molecule has 9 nitrogen and oxygen atoms in total. The summed E-state index contributed by atoms with van der Waals surface area (Å²) in [6.07, 6.45) is 6.58. The Bertz CT molecular complexity index is 1180. The average Bonchev–Trinajstić information content (AvgIpc) is 3.85. The maximum absolute atomic E-state index is 12.9. The zero-order valence-electron chi connectivity index (χ0n) is 27.0. The molecular formula is C34H51N3O6. The Balaban J connectivity index is 1.21. The fourth-order valence-corrected chi connectivity index (χ4v) is 6.44. The Labute approximate surface area is 256 Å². The first-order valence-electron chi connectivity index (χ1n) is 15.7. The van der Waals surface area contributed by atoms with Gasteiger partial charge in [-0.05, 0) is 70.6 Å². The number of urea groups is 1. The summed E-state index contributed by atoms with van der Waals surface area (Å²) in [5.41, 5.74) is 2.11. The number of carbonyl (C=O) groups is 3. The number of methoxy groups -OCH3 is 1. The summed E-state index contributed by atoms with van der Waals surface area (Å²) >= 11 is 0. The molecule has 2 heterocycles. The van der Waals surface area contributed by atoms with E-state index in [0.717, 1.165) is 24.8 Å². The number of allylic oxidation sites excluding steroid dienone is 1. The third-order valence-electron chi connectivity index (χ3n) is 9.19. The number of ketones is 1. The van der Waals surface area contributed by atoms with Crippen LogP contribution >= 0.6 is 0 Å². The molecule has 2 aliphatic heterocycles. The molecule has 0 unspecified atom stereocenters. The van der Waals surface area contributed by atoms with Crippen molar-refractivity contribution in [1.82, 2.24) is 10.6 Å². The third kappa shape index (κ3) is 8.46. The Morgan fingerprint density at radius 2 is 1.81 bits per heavy atom. The highest BCUT2D eigenvalue weighted by Gasteiger charge is 2.71. The van der Waals surface area contributed by atoms with E-state index in [9.17, 15) is 14.4 Å². The number of carbonyl (C=O) groups excluding carboxylic acids is 3. The zero-order valence-corrected chi connectivity index (χ0v) is 27.0. The van der Waals surface area contributed by atoms with Gasteiger partial charge in [0.2, 0.25) is 5.91 Å². The minimum Gasteiger partial charge on any atom is -0.379 e. The van der Waals surface area contributed by atoms with Crippen LogP contribution in [0.3, 0.4) is 0 Å². The topological polar surface area (TPSA) is 122 Å². The third-order valence-corrected chi connectivity index (χ3v) is 9.19. The predicted molar refractivity (Wildman–Crippen MR) is 167 cm³/mol. The number of nitrogens with one attached hydrogen (secondary N) is 3. The lowest BCUT2D eigenvalue weighted by Gasteiger charge is -2.43. The SMILES string of the molecule is CO[C@@H]1[C@H](NC(=O)NCCc2ccc(NC(=O)CCCC(=O)C(C)(C)C)cc2)CC[C@]2(CO2)[C@H]1[C@@]1(C)O[C@@H]1CC=C(C)C. The van der Waals surface area contributed by atoms with Gasteiger partial charge in [-0.25, -0.2) is 4.79 Å². The van der Waals surface area contributed by atoms with E-state index in [4.69, 9.17) is 14.2 Å². The van der Waals surface area contributed by atoms with Gasteiger partial charge in [0.25, 0.3) is 0 Å². The molecule has 43 heavy (non-hydrogen) atoms. The Kier molecular flexibility index (Phi) is 10.4. The van der Waals surface area contributed by atoms with Crippen LogP contribution in [0, 0.1) is 11.3 Å². The van der Waals surface area contributed by atoms with Crippen molar-refractivity contribution in [2.75, 3.05) is 25.6 Å². The van der Waals surface area contributed by atoms with Crippen LogP contribution in [-0.2, 0) is 30.2 Å². The molecule has 1 spiro atoms. The van der Waals surface area contributed by atoms with Gasteiger partial charge in [-0.3, -0.25) is 9.59 Å². The largest absolute Gasteiger partial charge is 0.379 e. The van der Waals surface area contributed by atoms with Gasteiger partial charge >= 0.3 is 6.03 Å². The molecule has 1 aromatic carbocycles. The second-order valence-corrected chi connectivity index (χ2v) is 13.9. The molecule has 1 aromatic rings. The molecule has 3 amide bonds. The van der Waals surface area contributed by atoms with Gasteiger partial charge in [0, 0.05) is 43.5 Å². The van der Waals surface area contributed by atoms with Gasteiger partial charge in [0.05, 0.1) is 30.5 Å². The summed E-state index contributed by atoms with van der Waals surface area (Å²) in [5, 5.41) is 9.04. The highest BCUT2D eigenvalue weighted by Crippen LogP contribution is 2.59. The maximum Gasteiger partial charge on any atom is 0.315 e. The van der Waals surface area contributed by atoms with E-state index in [-0.39, 0.29) is 58.5 Å². The average molecular weight is 598 g/mol. The van der Waals surface area contributed by atoms with Gasteiger partial charge in [-0.15, -0.1) is 0 Å². The molecule has 0 bridgehead atoms. The summed E-state index contributed by atoms with van der Waals surface area (Å²) in [4.78, 5) is 37.2. The van der Waals surface area contributed by atoms with Crippen LogP contribution in [0.1, 0.15) is 85.6 Å². The molecule has 4 rings (SSSR count). The van der Waals surface area contributed by atoms with Gasteiger partial charge in [-0.2, -0.15) is 0 Å². The van der Waals surface area contributed by atoms with Crippen molar-refractivity contribution in [3.05, 3.63) is 41.5 Å². The number of hydrogen-bond acceptors (Lipinski definition) is 6. The van der Waals surface area contributed by atoms with Crippen molar-refractivity contribution in [1.29, 1.82) is 0 Å². The van der Waals surface area contributed by atoms with E-state index < -0.39 is 0 Å². The maximum atomic E-state index is 12.9. The minimum atomic E-state index is -0.374. The summed E-state index contributed by atoms with van der Waals surface area (Å²) in [6, 6.07) is 7.27. The van der Waals surface area contributed by atoms with Crippen molar-refractivity contribution in [3.8, 4) is 0 Å². The number of rotatable bonds is 13. The van der Waals surface area contributed by atoms with Gasteiger partial charge in [-0.1, -0.05) is 44.6 Å². The van der Waals surface area contributed by atoms with Crippen LogP contribution in [0.25, 0.3) is 0 Å². The first-order valence-corrected chi connectivity index (χ1v) is 15.7. The van der Waals surface area contributed by atoms with E-state index in [2.05, 4.69) is 42.8 Å². The predicted octanol–water partition coefficient (Wildman–Crippen LogP) is 5.33. The molecule has 3 N–H and O–H groups in total. The first-order chi connectivity index (χ1) is 20.3. The molecule has 9 heteroatoms. The van der Waals surface area contributed by atoms with E-state index in [1.807, 2.05) is 45.0 Å². The van der Waals surface area contributed by atoms with Crippen molar-refractivity contribution in [2.24, 2.45) is 11.3 Å². The Morgan fingerprint density at radius 1 is 1.12 bits per heavy atom. The van der Waals surface area contributed by atoms with Crippen molar-refractivity contribution in [3.63, 3.8) is 0 Å². The lowest BCUT2D eigenvalue weighted by atomic mass is 9.67. The molecule has 1 saturated carbocycles. The monoisotopic (exact) mass is 597 g/mol. The van der Waals surface area contributed by atoms with Crippen molar-refractivity contribution < 1.29 is 28.6 Å². The molecule has 1 aliphatic carbocycles. The number of Topliss-reactive ketones (excluding diaryl/α,β-unsaturated/α-hetero) is 1. The van der Waals surface area contributed by atoms with Crippen LogP contribution in [0.15, 0.2) is 35.9 Å². The zero-order chi connectivity index (χ0) is 31.4. The van der Waals surface area contributed by atoms with Crippen LogP contribution < -0.4 is 16.0 Å². The van der Waals surface area contributed by atoms with Crippen LogP contribution in [0.2, 0.25) is 0 Å². The van der Waals surface area contributed by atoms with E-state index in [0.29, 0.717) is 44.5 Å². The van der Waals surface area contributed by atoms with Crippen molar-refractivity contribution >= 4 is 23.4 Å². The van der Waals surface area contributed by atoms with E-state index in [1.54, 1.807) is 7.11 Å². The Morgan fingerprint density at radius 3 is 2.42 bits per heavy atom. The van der Waals surface area contributed by atoms with E-state index >= 15 is 0 Å². The molecule has 2 saturated heterocycles. The highest BCUT2D eigenvalue weighted by molar-refractivity contribution is 5.91. The molecule has 0 aromatic heterocycles. The van der Waals surface area contributed by atoms with Crippen LogP contribution in [0.5, 0.6) is 0 Å². The van der Waals surface area contributed by atoms with Crippen LogP contribution in [-0.4, -0.2) is 67.4 Å². The van der Waals surface area contributed by atoms with Gasteiger partial charge in [0.1, 0.15) is 11.4 Å². The normalized spacial score (nSPS) is 29.5. The summed E-state index contributed by atoms with van der Waals surface area (Å²) in [5.74, 6) is 0.113. The number of epoxide rings is 2. The number of benzene rings is 1. The molecule has 0 radical (unpaired) electrons. The Hall–Kier alpha value is -2.75. The lowest BCUT2D eigenvalue weighted by molar-refractivity contribution is -0.126. The van der Waals surface area contributed by atoms with Crippen LogP contribution in [0.4, 0.5) is 10.5 Å². The second-order valence-electron chi connectivity index (χ2n) is 13.9. The number of ether oxygens (including phenoxy) is 3. The fraction of sp³-hybridized carbons (Fsp3) is 0.676. The lowest BCUT2D eigenvalue weighted by Crippen LogP contribution is -2.60. The number of anilines is 1. The molecule has 6 atom stereocenters. The van der Waals surface area contributed by atoms with Crippen molar-refractivity contribution in [2.45, 2.75) is 116 Å². The second kappa shape index (κ2) is 13.5.